The average Bonchev–Trinajstić information content (AvgIpc) is 2.72. The summed E-state index contributed by atoms with van der Waals surface area (Å²) < 4.78 is 37.7. The van der Waals surface area contributed by atoms with E-state index in [2.05, 4.69) is 39.4 Å². The first-order valence-electron chi connectivity index (χ1n) is 9.86. The molecule has 1 amide bonds. The first kappa shape index (κ1) is 21.3. The Labute approximate surface area is 169 Å². The molecule has 0 radical (unpaired) electrons. The lowest BCUT2D eigenvalue weighted by atomic mass is 10.1. The summed E-state index contributed by atoms with van der Waals surface area (Å²) in [6.45, 7) is 6.41. The third-order valence-electron chi connectivity index (χ3n) is 5.13. The number of amides is 1. The Hall–Kier alpha value is -2.38. The lowest BCUT2D eigenvalue weighted by molar-refractivity contribution is -0.137. The van der Waals surface area contributed by atoms with Gasteiger partial charge in [-0.25, -0.2) is 0 Å². The monoisotopic (exact) mass is 405 g/mol. The van der Waals surface area contributed by atoms with Crippen molar-refractivity contribution in [3.8, 4) is 0 Å². The van der Waals surface area contributed by atoms with Gasteiger partial charge in [0.1, 0.15) is 0 Å². The maximum Gasteiger partial charge on any atom is 0.416 e. The Bertz CT molecular complexity index is 770. The van der Waals surface area contributed by atoms with Crippen LogP contribution in [0.5, 0.6) is 0 Å². The molecule has 1 aliphatic heterocycles. The predicted molar refractivity (Wildman–Crippen MR) is 107 cm³/mol. The zero-order valence-electron chi connectivity index (χ0n) is 16.3. The minimum atomic E-state index is -4.39. The molecule has 2 aromatic carbocycles. The molecular formula is C22H26F3N3O. The fourth-order valence-corrected chi connectivity index (χ4v) is 3.43. The van der Waals surface area contributed by atoms with Gasteiger partial charge in [-0.1, -0.05) is 30.3 Å². The van der Waals surface area contributed by atoms with Crippen LogP contribution in [-0.4, -0.2) is 55.0 Å². The van der Waals surface area contributed by atoms with Crippen LogP contribution in [0.25, 0.3) is 0 Å². The number of benzene rings is 2. The number of nitrogens with one attached hydrogen (secondary N) is 1. The van der Waals surface area contributed by atoms with Gasteiger partial charge in [-0.05, 0) is 42.8 Å². The lowest BCUT2D eigenvalue weighted by Gasteiger charge is -2.34. The second kappa shape index (κ2) is 9.89. The van der Waals surface area contributed by atoms with Gasteiger partial charge in [0.2, 0.25) is 0 Å². The van der Waals surface area contributed by atoms with Crippen molar-refractivity contribution < 1.29 is 18.0 Å². The number of nitrogens with zero attached hydrogens (tertiary/aromatic N) is 2. The fourth-order valence-electron chi connectivity index (χ4n) is 3.43. The van der Waals surface area contributed by atoms with Crippen LogP contribution in [0.2, 0.25) is 0 Å². The number of hydrogen-bond acceptors (Lipinski definition) is 3. The van der Waals surface area contributed by atoms with Crippen molar-refractivity contribution in [2.45, 2.75) is 19.1 Å². The summed E-state index contributed by atoms with van der Waals surface area (Å²) in [5.41, 5.74) is 0.819. The number of carbonyl (C=O) groups excluding carboxylic acids is 1. The first-order chi connectivity index (χ1) is 13.9. The van der Waals surface area contributed by atoms with Gasteiger partial charge in [0, 0.05) is 44.8 Å². The Morgan fingerprint density at radius 1 is 0.897 bits per heavy atom. The Kier molecular flexibility index (Phi) is 7.28. The normalized spacial score (nSPS) is 16.0. The standard InChI is InChI=1S/C22H26F3N3O/c23-22(24,25)20-9-7-19(8-10-20)21(29)26-11-4-12-27-13-15-28(16-14-27)17-18-5-2-1-3-6-18/h1-3,5-10H,4,11-17H2,(H,26,29). The van der Waals surface area contributed by atoms with Crippen molar-refractivity contribution in [3.05, 3.63) is 71.3 Å². The molecule has 1 saturated heterocycles. The second-order valence-electron chi connectivity index (χ2n) is 7.29. The van der Waals surface area contributed by atoms with Crippen molar-refractivity contribution in [2.24, 2.45) is 0 Å². The Morgan fingerprint density at radius 2 is 1.52 bits per heavy atom. The molecule has 1 N–H and O–H groups in total. The second-order valence-corrected chi connectivity index (χ2v) is 7.29. The molecule has 3 rings (SSSR count). The molecule has 2 aromatic rings. The third kappa shape index (κ3) is 6.58. The summed E-state index contributed by atoms with van der Waals surface area (Å²) >= 11 is 0. The van der Waals surface area contributed by atoms with E-state index in [4.69, 9.17) is 0 Å². The number of alkyl halides is 3. The summed E-state index contributed by atoms with van der Waals surface area (Å²) in [5, 5.41) is 2.78. The highest BCUT2D eigenvalue weighted by Crippen LogP contribution is 2.29. The molecule has 29 heavy (non-hydrogen) atoms. The van der Waals surface area contributed by atoms with Crippen molar-refractivity contribution in [1.82, 2.24) is 15.1 Å². The highest BCUT2D eigenvalue weighted by atomic mass is 19.4. The molecule has 1 heterocycles. The molecule has 7 heteroatoms. The van der Waals surface area contributed by atoms with E-state index in [1.807, 2.05) is 6.07 Å². The van der Waals surface area contributed by atoms with Gasteiger partial charge in [0.15, 0.2) is 0 Å². The maximum atomic E-state index is 12.6. The molecule has 0 bridgehead atoms. The number of halogens is 3. The van der Waals surface area contributed by atoms with E-state index in [1.165, 1.54) is 17.7 Å². The molecule has 0 saturated carbocycles. The van der Waals surface area contributed by atoms with Crippen molar-refractivity contribution in [2.75, 3.05) is 39.3 Å². The van der Waals surface area contributed by atoms with Gasteiger partial charge in [0.25, 0.3) is 5.91 Å². The van der Waals surface area contributed by atoms with Crippen LogP contribution in [0.4, 0.5) is 13.2 Å². The van der Waals surface area contributed by atoms with Crippen LogP contribution in [0.3, 0.4) is 0 Å². The van der Waals surface area contributed by atoms with E-state index in [9.17, 15) is 18.0 Å². The first-order valence-corrected chi connectivity index (χ1v) is 9.86. The number of rotatable bonds is 7. The van der Waals surface area contributed by atoms with E-state index in [0.29, 0.717) is 6.54 Å². The highest BCUT2D eigenvalue weighted by Gasteiger charge is 2.30. The van der Waals surface area contributed by atoms with Crippen molar-refractivity contribution in [1.29, 1.82) is 0 Å². The molecule has 0 unspecified atom stereocenters. The van der Waals surface area contributed by atoms with Gasteiger partial charge >= 0.3 is 6.18 Å². The van der Waals surface area contributed by atoms with Crippen molar-refractivity contribution in [3.63, 3.8) is 0 Å². The van der Waals surface area contributed by atoms with Crippen LogP contribution >= 0.6 is 0 Å². The largest absolute Gasteiger partial charge is 0.416 e. The van der Waals surface area contributed by atoms with Gasteiger partial charge in [-0.3, -0.25) is 9.69 Å². The molecular weight excluding hydrogens is 379 g/mol. The van der Waals surface area contributed by atoms with E-state index >= 15 is 0 Å². The summed E-state index contributed by atoms with van der Waals surface area (Å²) in [5.74, 6) is -0.341. The molecule has 0 aliphatic carbocycles. The highest BCUT2D eigenvalue weighted by molar-refractivity contribution is 5.94. The van der Waals surface area contributed by atoms with Crippen LogP contribution in [0.15, 0.2) is 54.6 Å². The van der Waals surface area contributed by atoms with Gasteiger partial charge in [-0.15, -0.1) is 0 Å². The third-order valence-corrected chi connectivity index (χ3v) is 5.13. The van der Waals surface area contributed by atoms with E-state index in [-0.39, 0.29) is 11.5 Å². The summed E-state index contributed by atoms with van der Waals surface area (Å²) in [6, 6.07) is 14.7. The zero-order chi connectivity index (χ0) is 20.7. The summed E-state index contributed by atoms with van der Waals surface area (Å²) in [6.07, 6.45) is -3.58. The Morgan fingerprint density at radius 3 is 2.14 bits per heavy atom. The molecule has 0 spiro atoms. The van der Waals surface area contributed by atoms with Gasteiger partial charge in [0.05, 0.1) is 5.56 Å². The van der Waals surface area contributed by atoms with Gasteiger partial charge < -0.3 is 10.2 Å². The maximum absolute atomic E-state index is 12.6. The van der Waals surface area contributed by atoms with Gasteiger partial charge in [-0.2, -0.15) is 13.2 Å². The minimum Gasteiger partial charge on any atom is -0.352 e. The number of hydrogen-bond donors (Lipinski definition) is 1. The zero-order valence-corrected chi connectivity index (χ0v) is 16.3. The van der Waals surface area contributed by atoms with E-state index in [0.717, 1.165) is 57.8 Å². The molecule has 156 valence electrons. The predicted octanol–water partition coefficient (Wildman–Crippen LogP) is 3.64. The minimum absolute atomic E-state index is 0.243. The SMILES string of the molecule is O=C(NCCCN1CCN(Cc2ccccc2)CC1)c1ccc(C(F)(F)F)cc1. The van der Waals surface area contributed by atoms with Crippen LogP contribution < -0.4 is 5.32 Å². The smallest absolute Gasteiger partial charge is 0.352 e. The average molecular weight is 405 g/mol. The fraction of sp³-hybridized carbons (Fsp3) is 0.409. The quantitative estimate of drug-likeness (QED) is 0.715. The van der Waals surface area contributed by atoms with E-state index in [1.54, 1.807) is 0 Å². The summed E-state index contributed by atoms with van der Waals surface area (Å²) in [7, 11) is 0. The number of carbonyl (C=O) groups is 1. The molecule has 0 atom stereocenters. The molecule has 1 aliphatic rings. The van der Waals surface area contributed by atoms with Crippen LogP contribution in [0, 0.1) is 0 Å². The van der Waals surface area contributed by atoms with E-state index < -0.39 is 11.7 Å². The Balaban J connectivity index is 1.32. The molecule has 4 nitrogen and oxygen atoms in total. The number of piperazine rings is 1. The molecule has 1 fully saturated rings. The molecule has 0 aromatic heterocycles. The summed E-state index contributed by atoms with van der Waals surface area (Å²) in [4.78, 5) is 16.9. The topological polar surface area (TPSA) is 35.6 Å². The van der Waals surface area contributed by atoms with Crippen molar-refractivity contribution >= 4 is 5.91 Å². The lowest BCUT2D eigenvalue weighted by Crippen LogP contribution is -2.46. The van der Waals surface area contributed by atoms with Crippen LogP contribution in [0.1, 0.15) is 27.9 Å². The van der Waals surface area contributed by atoms with Crippen LogP contribution in [-0.2, 0) is 12.7 Å².